The summed E-state index contributed by atoms with van der Waals surface area (Å²) in [6, 6.07) is 7.83. The predicted molar refractivity (Wildman–Crippen MR) is 114 cm³/mol. The summed E-state index contributed by atoms with van der Waals surface area (Å²) in [7, 11) is 0. The third kappa shape index (κ3) is 3.83. The third-order valence-electron chi connectivity index (χ3n) is 5.75. The molecule has 2 aromatic heterocycles. The van der Waals surface area contributed by atoms with Gasteiger partial charge in [-0.25, -0.2) is 4.68 Å². The Labute approximate surface area is 171 Å². The van der Waals surface area contributed by atoms with Gasteiger partial charge >= 0.3 is 0 Å². The Bertz CT molecular complexity index is 1080. The van der Waals surface area contributed by atoms with E-state index in [2.05, 4.69) is 66.1 Å². The molecule has 0 aliphatic carbocycles. The highest BCUT2D eigenvalue weighted by Gasteiger charge is 2.34. The van der Waals surface area contributed by atoms with Crippen LogP contribution in [0.25, 0.3) is 10.9 Å². The molecule has 0 radical (unpaired) electrons. The first-order valence-electron chi connectivity index (χ1n) is 10.4. The molecule has 1 saturated heterocycles. The van der Waals surface area contributed by atoms with Crippen molar-refractivity contribution in [2.45, 2.75) is 59.0 Å². The Hall–Kier alpha value is -2.54. The second-order valence-electron chi connectivity index (χ2n) is 9.41. The van der Waals surface area contributed by atoms with E-state index in [1.807, 2.05) is 22.9 Å². The van der Waals surface area contributed by atoms with Crippen LogP contribution in [0.3, 0.4) is 0 Å². The van der Waals surface area contributed by atoms with Crippen LogP contribution in [-0.2, 0) is 5.54 Å². The van der Waals surface area contributed by atoms with Crippen molar-refractivity contribution in [3.63, 3.8) is 0 Å². The maximum Gasteiger partial charge on any atom is 0.253 e. The minimum absolute atomic E-state index is 0.0759. The largest absolute Gasteiger partial charge is 0.322 e. The molecule has 1 aromatic carbocycles. The molecule has 154 valence electrons. The van der Waals surface area contributed by atoms with Crippen LogP contribution in [-0.4, -0.2) is 43.2 Å². The molecule has 0 bridgehead atoms. The molecule has 3 heterocycles. The van der Waals surface area contributed by atoms with Crippen molar-refractivity contribution in [1.29, 1.82) is 0 Å². The summed E-state index contributed by atoms with van der Waals surface area (Å²) in [5, 5.41) is 13.7. The molecule has 0 spiro atoms. The lowest BCUT2D eigenvalue weighted by Crippen LogP contribution is -2.42. The Kier molecular flexibility index (Phi) is 5.02. The lowest BCUT2D eigenvalue weighted by Gasteiger charge is -2.37. The van der Waals surface area contributed by atoms with Gasteiger partial charge in [0.2, 0.25) is 0 Å². The number of hydrogen-bond donors (Lipinski definition) is 1. The molecule has 1 N–H and O–H groups in total. The molecule has 7 heteroatoms. The van der Waals surface area contributed by atoms with Crippen molar-refractivity contribution in [1.82, 2.24) is 30.1 Å². The maximum atomic E-state index is 13.2. The van der Waals surface area contributed by atoms with Crippen LogP contribution >= 0.6 is 0 Å². The highest BCUT2D eigenvalue weighted by Crippen LogP contribution is 2.32. The van der Waals surface area contributed by atoms with Gasteiger partial charge in [0.1, 0.15) is 6.04 Å². The number of aromatic amines is 1. The van der Waals surface area contributed by atoms with Gasteiger partial charge in [-0.15, -0.1) is 5.10 Å². The zero-order valence-electron chi connectivity index (χ0n) is 17.9. The summed E-state index contributed by atoms with van der Waals surface area (Å²) >= 11 is 0. The Morgan fingerprint density at radius 2 is 2.03 bits per heavy atom. The summed E-state index contributed by atoms with van der Waals surface area (Å²) in [5.41, 5.74) is 2.37. The van der Waals surface area contributed by atoms with E-state index in [1.54, 1.807) is 0 Å². The molecule has 2 atom stereocenters. The maximum absolute atomic E-state index is 13.2. The number of H-pyrrole nitrogens is 1. The Morgan fingerprint density at radius 3 is 2.76 bits per heavy atom. The van der Waals surface area contributed by atoms with Gasteiger partial charge in [0.05, 0.1) is 5.54 Å². The van der Waals surface area contributed by atoms with Gasteiger partial charge in [0.15, 0.2) is 5.82 Å². The first-order valence-corrected chi connectivity index (χ1v) is 10.4. The zero-order chi connectivity index (χ0) is 20.8. The lowest BCUT2D eigenvalue weighted by atomic mass is 9.95. The van der Waals surface area contributed by atoms with Gasteiger partial charge < -0.3 is 4.98 Å². The van der Waals surface area contributed by atoms with Crippen molar-refractivity contribution in [2.24, 2.45) is 5.92 Å². The SMILES string of the molecule is Cc1ccc2[nH]c(=O)c([C@@H](c3nnnn3C(C)(C)C)N3CCC[C@@H](C)C3)cc2c1. The number of rotatable bonds is 3. The fourth-order valence-corrected chi connectivity index (χ4v) is 4.35. The zero-order valence-corrected chi connectivity index (χ0v) is 17.9. The molecule has 0 unspecified atom stereocenters. The first-order chi connectivity index (χ1) is 13.7. The number of hydrogen-bond acceptors (Lipinski definition) is 5. The predicted octanol–water partition coefficient (Wildman–Crippen LogP) is 3.40. The summed E-state index contributed by atoms with van der Waals surface area (Å²) in [4.78, 5) is 18.6. The Balaban J connectivity index is 1.92. The lowest BCUT2D eigenvalue weighted by molar-refractivity contribution is 0.137. The average Bonchev–Trinajstić information content (AvgIpc) is 3.13. The van der Waals surface area contributed by atoms with Gasteiger partial charge in [-0.1, -0.05) is 18.6 Å². The molecule has 7 nitrogen and oxygen atoms in total. The first kappa shape index (κ1) is 19.8. The summed E-state index contributed by atoms with van der Waals surface area (Å²) in [5.74, 6) is 1.30. The quantitative estimate of drug-likeness (QED) is 0.736. The van der Waals surface area contributed by atoms with Crippen molar-refractivity contribution in [3.05, 3.63) is 51.6 Å². The van der Waals surface area contributed by atoms with Gasteiger partial charge in [-0.3, -0.25) is 9.69 Å². The van der Waals surface area contributed by atoms with Gasteiger partial charge in [0.25, 0.3) is 5.56 Å². The van der Waals surface area contributed by atoms with Crippen LogP contribution in [0.4, 0.5) is 0 Å². The molecule has 1 aliphatic heterocycles. The number of likely N-dealkylation sites (tertiary alicyclic amines) is 1. The van der Waals surface area contributed by atoms with Gasteiger partial charge in [0, 0.05) is 17.6 Å². The van der Waals surface area contributed by atoms with Crippen molar-refractivity contribution >= 4 is 10.9 Å². The number of pyridine rings is 1. The van der Waals surface area contributed by atoms with E-state index in [9.17, 15) is 4.79 Å². The van der Waals surface area contributed by atoms with Crippen molar-refractivity contribution in [2.75, 3.05) is 13.1 Å². The van der Waals surface area contributed by atoms with Crippen LogP contribution in [0.2, 0.25) is 0 Å². The number of aromatic nitrogens is 5. The van der Waals surface area contributed by atoms with Gasteiger partial charge in [-0.2, -0.15) is 0 Å². The minimum atomic E-state index is -0.279. The minimum Gasteiger partial charge on any atom is -0.322 e. The van der Waals surface area contributed by atoms with Crippen LogP contribution in [0, 0.1) is 12.8 Å². The summed E-state index contributed by atoms with van der Waals surface area (Å²) in [6.07, 6.45) is 2.32. The molecule has 4 rings (SSSR count). The number of tetrazole rings is 1. The van der Waals surface area contributed by atoms with E-state index in [1.165, 1.54) is 6.42 Å². The molecule has 3 aromatic rings. The van der Waals surface area contributed by atoms with E-state index in [4.69, 9.17) is 0 Å². The molecule has 0 amide bonds. The summed E-state index contributed by atoms with van der Waals surface area (Å²) in [6.45, 7) is 12.4. The van der Waals surface area contributed by atoms with Crippen LogP contribution < -0.4 is 5.56 Å². The van der Waals surface area contributed by atoms with Crippen LogP contribution in [0.1, 0.15) is 63.5 Å². The van der Waals surface area contributed by atoms with Crippen LogP contribution in [0.5, 0.6) is 0 Å². The fraction of sp³-hybridized carbons (Fsp3) is 0.545. The molecular weight excluding hydrogens is 364 g/mol. The number of aryl methyl sites for hydroxylation is 1. The average molecular weight is 395 g/mol. The molecule has 1 fully saturated rings. The van der Waals surface area contributed by atoms with E-state index in [0.717, 1.165) is 41.8 Å². The third-order valence-corrected chi connectivity index (χ3v) is 5.75. The fourth-order valence-electron chi connectivity index (χ4n) is 4.35. The molecular formula is C22H30N6O. The summed E-state index contributed by atoms with van der Waals surface area (Å²) < 4.78 is 1.86. The van der Waals surface area contributed by atoms with Crippen molar-refractivity contribution < 1.29 is 0 Å². The van der Waals surface area contributed by atoms with Gasteiger partial charge in [-0.05, 0) is 87.0 Å². The number of fused-ring (bicyclic) bond motifs is 1. The van der Waals surface area contributed by atoms with E-state index in [0.29, 0.717) is 11.5 Å². The van der Waals surface area contributed by atoms with E-state index in [-0.39, 0.29) is 17.1 Å². The monoisotopic (exact) mass is 394 g/mol. The number of nitrogens with one attached hydrogen (secondary N) is 1. The highest BCUT2D eigenvalue weighted by molar-refractivity contribution is 5.79. The Morgan fingerprint density at radius 1 is 1.24 bits per heavy atom. The van der Waals surface area contributed by atoms with Crippen LogP contribution in [0.15, 0.2) is 29.1 Å². The molecule has 29 heavy (non-hydrogen) atoms. The normalized spacial score (nSPS) is 19.6. The highest BCUT2D eigenvalue weighted by atomic mass is 16.1. The number of benzene rings is 1. The number of nitrogens with zero attached hydrogens (tertiary/aromatic N) is 5. The topological polar surface area (TPSA) is 79.7 Å². The second kappa shape index (κ2) is 7.37. The number of piperidine rings is 1. The van der Waals surface area contributed by atoms with Crippen molar-refractivity contribution in [3.8, 4) is 0 Å². The molecule has 0 saturated carbocycles. The van der Waals surface area contributed by atoms with E-state index < -0.39 is 0 Å². The standard InChI is InChI=1S/C22H30N6O/c1-14-8-9-18-16(11-14)12-17(21(29)23-18)19(27-10-6-7-15(2)13-27)20-24-25-26-28(20)22(3,4)5/h8-9,11-12,15,19H,6-7,10,13H2,1-5H3,(H,23,29)/t15-,19+/m1/s1. The molecule has 1 aliphatic rings. The second-order valence-corrected chi connectivity index (χ2v) is 9.41. The van der Waals surface area contributed by atoms with E-state index >= 15 is 0 Å². The smallest absolute Gasteiger partial charge is 0.253 e.